The van der Waals surface area contributed by atoms with Crippen molar-refractivity contribution in [2.24, 2.45) is 11.0 Å². The maximum absolute atomic E-state index is 11.8. The molecule has 1 fully saturated rings. The standard InChI is InChI=1S/C14H18N2O5S/c1-20-12-4-3-10(13(7-12)21-2)8-15-16-14(17)11-5-6-22(18,19)9-11/h3-4,7-8,11H,5-6,9H2,1-2H3,(H,16,17)/b15-8-/t11-/m1/s1. The summed E-state index contributed by atoms with van der Waals surface area (Å²) in [7, 11) is -0.00677. The molecule has 0 saturated carbocycles. The maximum atomic E-state index is 11.8. The van der Waals surface area contributed by atoms with Gasteiger partial charge in [0.05, 0.1) is 37.9 Å². The Morgan fingerprint density at radius 2 is 2.14 bits per heavy atom. The predicted molar refractivity (Wildman–Crippen MR) is 82.0 cm³/mol. The summed E-state index contributed by atoms with van der Waals surface area (Å²) in [6.07, 6.45) is 1.79. The van der Waals surface area contributed by atoms with Crippen molar-refractivity contribution in [3.05, 3.63) is 23.8 Å². The summed E-state index contributed by atoms with van der Waals surface area (Å²) in [6.45, 7) is 0. The van der Waals surface area contributed by atoms with Crippen LogP contribution in [-0.2, 0) is 14.6 Å². The Morgan fingerprint density at radius 3 is 2.73 bits per heavy atom. The van der Waals surface area contributed by atoms with Crippen molar-refractivity contribution in [1.29, 1.82) is 0 Å². The number of hydrogen-bond donors (Lipinski definition) is 1. The van der Waals surface area contributed by atoms with Crippen LogP contribution in [-0.4, -0.2) is 46.3 Å². The lowest BCUT2D eigenvalue weighted by Crippen LogP contribution is -2.27. The van der Waals surface area contributed by atoms with Crippen LogP contribution in [0.5, 0.6) is 11.5 Å². The van der Waals surface area contributed by atoms with Crippen LogP contribution in [0.25, 0.3) is 0 Å². The van der Waals surface area contributed by atoms with Gasteiger partial charge in [-0.25, -0.2) is 13.8 Å². The smallest absolute Gasteiger partial charge is 0.244 e. The zero-order chi connectivity index (χ0) is 16.2. The van der Waals surface area contributed by atoms with Gasteiger partial charge in [-0.1, -0.05) is 0 Å². The molecule has 1 amide bonds. The molecule has 0 unspecified atom stereocenters. The van der Waals surface area contributed by atoms with Gasteiger partial charge < -0.3 is 9.47 Å². The van der Waals surface area contributed by atoms with Crippen LogP contribution in [0, 0.1) is 5.92 Å². The maximum Gasteiger partial charge on any atom is 0.244 e. The molecule has 1 atom stereocenters. The van der Waals surface area contributed by atoms with Crippen LogP contribution in [0.3, 0.4) is 0 Å². The molecule has 1 heterocycles. The monoisotopic (exact) mass is 326 g/mol. The number of ether oxygens (including phenoxy) is 2. The van der Waals surface area contributed by atoms with E-state index in [9.17, 15) is 13.2 Å². The summed E-state index contributed by atoms with van der Waals surface area (Å²) < 4.78 is 33.0. The normalized spacial score (nSPS) is 20.0. The average molecular weight is 326 g/mol. The number of nitrogens with one attached hydrogen (secondary N) is 1. The van der Waals surface area contributed by atoms with Crippen molar-refractivity contribution in [2.75, 3.05) is 25.7 Å². The Morgan fingerprint density at radius 1 is 1.36 bits per heavy atom. The van der Waals surface area contributed by atoms with Gasteiger partial charge in [0.2, 0.25) is 5.91 Å². The largest absolute Gasteiger partial charge is 0.497 e. The number of rotatable bonds is 5. The Hall–Kier alpha value is -2.09. The molecule has 1 aromatic carbocycles. The molecule has 7 nitrogen and oxygen atoms in total. The van der Waals surface area contributed by atoms with E-state index in [0.29, 0.717) is 23.5 Å². The highest BCUT2D eigenvalue weighted by molar-refractivity contribution is 7.91. The van der Waals surface area contributed by atoms with Gasteiger partial charge in [0.15, 0.2) is 9.84 Å². The molecule has 120 valence electrons. The molecule has 0 bridgehead atoms. The van der Waals surface area contributed by atoms with E-state index < -0.39 is 15.8 Å². The van der Waals surface area contributed by atoms with Crippen LogP contribution in [0.1, 0.15) is 12.0 Å². The van der Waals surface area contributed by atoms with Crippen molar-refractivity contribution in [3.63, 3.8) is 0 Å². The van der Waals surface area contributed by atoms with Gasteiger partial charge in [0.25, 0.3) is 0 Å². The summed E-state index contributed by atoms with van der Waals surface area (Å²) in [6, 6.07) is 5.19. The number of sulfone groups is 1. The van der Waals surface area contributed by atoms with Crippen LogP contribution in [0.2, 0.25) is 0 Å². The Labute approximate surface area is 129 Å². The summed E-state index contributed by atoms with van der Waals surface area (Å²) in [4.78, 5) is 11.8. The highest BCUT2D eigenvalue weighted by atomic mass is 32.2. The molecule has 1 aromatic rings. The fourth-order valence-electron chi connectivity index (χ4n) is 2.18. The first-order valence-electron chi connectivity index (χ1n) is 6.70. The van der Waals surface area contributed by atoms with Gasteiger partial charge in [-0.3, -0.25) is 4.79 Å². The molecule has 1 N–H and O–H groups in total. The van der Waals surface area contributed by atoms with Crippen molar-refractivity contribution in [3.8, 4) is 11.5 Å². The lowest BCUT2D eigenvalue weighted by atomic mass is 10.1. The summed E-state index contributed by atoms with van der Waals surface area (Å²) in [5, 5.41) is 3.86. The van der Waals surface area contributed by atoms with Crippen molar-refractivity contribution >= 4 is 22.0 Å². The molecule has 1 aliphatic rings. The van der Waals surface area contributed by atoms with E-state index in [-0.39, 0.29) is 17.4 Å². The van der Waals surface area contributed by atoms with E-state index in [4.69, 9.17) is 9.47 Å². The molecule has 0 radical (unpaired) electrons. The number of hydrazone groups is 1. The molecule has 2 rings (SSSR count). The molecule has 1 saturated heterocycles. The van der Waals surface area contributed by atoms with Gasteiger partial charge >= 0.3 is 0 Å². The average Bonchev–Trinajstić information content (AvgIpc) is 2.87. The minimum absolute atomic E-state index is 0.0567. The SMILES string of the molecule is COc1ccc(/C=N\NC(=O)[C@@H]2CCS(=O)(=O)C2)c(OC)c1. The second-order valence-corrected chi connectivity index (χ2v) is 7.17. The summed E-state index contributed by atoms with van der Waals surface area (Å²) in [5.41, 5.74) is 3.04. The predicted octanol–water partition coefficient (Wildman–Crippen LogP) is 0.589. The minimum atomic E-state index is -3.08. The second kappa shape index (κ2) is 6.78. The van der Waals surface area contributed by atoms with E-state index in [1.165, 1.54) is 13.3 Å². The first-order chi connectivity index (χ1) is 10.4. The quantitative estimate of drug-likeness (QED) is 0.631. The number of carbonyl (C=O) groups excluding carboxylic acids is 1. The van der Waals surface area contributed by atoms with Crippen molar-refractivity contribution in [1.82, 2.24) is 5.43 Å². The third kappa shape index (κ3) is 3.97. The molecule has 8 heteroatoms. The highest BCUT2D eigenvalue weighted by Crippen LogP contribution is 2.23. The van der Waals surface area contributed by atoms with Crippen molar-refractivity contribution in [2.45, 2.75) is 6.42 Å². The highest BCUT2D eigenvalue weighted by Gasteiger charge is 2.32. The van der Waals surface area contributed by atoms with E-state index in [1.54, 1.807) is 25.3 Å². The minimum Gasteiger partial charge on any atom is -0.497 e. The lowest BCUT2D eigenvalue weighted by Gasteiger charge is -2.07. The molecule has 0 aliphatic carbocycles. The zero-order valence-electron chi connectivity index (χ0n) is 12.4. The molecule has 0 aromatic heterocycles. The van der Waals surface area contributed by atoms with E-state index in [2.05, 4.69) is 10.5 Å². The number of nitrogens with zero attached hydrogens (tertiary/aromatic N) is 1. The van der Waals surface area contributed by atoms with Crippen LogP contribution >= 0.6 is 0 Å². The van der Waals surface area contributed by atoms with Crippen LogP contribution < -0.4 is 14.9 Å². The molecular formula is C14H18N2O5S. The number of methoxy groups -OCH3 is 2. The number of benzene rings is 1. The second-order valence-electron chi connectivity index (χ2n) is 4.94. The Bertz CT molecular complexity index is 684. The molecule has 0 spiro atoms. The molecule has 22 heavy (non-hydrogen) atoms. The number of hydrogen-bond acceptors (Lipinski definition) is 6. The Balaban J connectivity index is 1.99. The third-order valence-electron chi connectivity index (χ3n) is 3.42. The van der Waals surface area contributed by atoms with Gasteiger partial charge in [-0.2, -0.15) is 5.10 Å². The fourth-order valence-corrected chi connectivity index (χ4v) is 3.93. The van der Waals surface area contributed by atoms with Gasteiger partial charge in [0.1, 0.15) is 11.5 Å². The van der Waals surface area contributed by atoms with Crippen LogP contribution in [0.4, 0.5) is 0 Å². The Kier molecular flexibility index (Phi) is 5.02. The number of amides is 1. The van der Waals surface area contributed by atoms with Gasteiger partial charge in [-0.15, -0.1) is 0 Å². The van der Waals surface area contributed by atoms with E-state index >= 15 is 0 Å². The lowest BCUT2D eigenvalue weighted by molar-refractivity contribution is -0.124. The summed E-state index contributed by atoms with van der Waals surface area (Å²) in [5.74, 6) is 0.237. The van der Waals surface area contributed by atoms with E-state index in [1.807, 2.05) is 0 Å². The fraction of sp³-hybridized carbons (Fsp3) is 0.429. The molecular weight excluding hydrogens is 308 g/mol. The van der Waals surface area contributed by atoms with Gasteiger partial charge in [-0.05, 0) is 18.6 Å². The number of carbonyl (C=O) groups is 1. The topological polar surface area (TPSA) is 94.1 Å². The first-order valence-corrected chi connectivity index (χ1v) is 8.52. The summed E-state index contributed by atoms with van der Waals surface area (Å²) >= 11 is 0. The van der Waals surface area contributed by atoms with Crippen LogP contribution in [0.15, 0.2) is 23.3 Å². The first kappa shape index (κ1) is 16.3. The molecule has 1 aliphatic heterocycles. The van der Waals surface area contributed by atoms with E-state index in [0.717, 1.165) is 0 Å². The van der Waals surface area contributed by atoms with Gasteiger partial charge in [0, 0.05) is 11.6 Å². The zero-order valence-corrected chi connectivity index (χ0v) is 13.2. The van der Waals surface area contributed by atoms with Crippen molar-refractivity contribution < 1.29 is 22.7 Å². The third-order valence-corrected chi connectivity index (χ3v) is 5.19.